The lowest BCUT2D eigenvalue weighted by Crippen LogP contribution is -2.25. The lowest BCUT2D eigenvalue weighted by atomic mass is 10.1. The van der Waals surface area contributed by atoms with Gasteiger partial charge in [-0.25, -0.2) is 0 Å². The van der Waals surface area contributed by atoms with E-state index < -0.39 is 14.4 Å². The van der Waals surface area contributed by atoms with Crippen LogP contribution in [-0.2, 0) is 0 Å². The maximum absolute atomic E-state index is 5.77. The fourth-order valence-electron chi connectivity index (χ4n) is 3.87. The first-order valence-electron chi connectivity index (χ1n) is 10.7. The number of benzene rings is 4. The molecule has 0 spiro atoms. The lowest BCUT2D eigenvalue weighted by molar-refractivity contribution is 0.592. The summed E-state index contributed by atoms with van der Waals surface area (Å²) in [5.74, 6) is 0. The molecule has 0 radical (unpaired) electrons. The summed E-state index contributed by atoms with van der Waals surface area (Å²) in [5.41, 5.74) is -0.177. The molecule has 31 heavy (non-hydrogen) atoms. The molecule has 0 atom stereocenters. The number of hydrogen-bond acceptors (Lipinski definition) is 1. The molecule has 0 fully saturated rings. The van der Waals surface area contributed by atoms with Crippen LogP contribution in [0.2, 0.25) is 0 Å². The van der Waals surface area contributed by atoms with Crippen LogP contribution in [0.15, 0.2) is 126 Å². The van der Waals surface area contributed by atoms with Gasteiger partial charge in [-0.2, -0.15) is 0 Å². The molecule has 0 aliphatic heterocycles. The van der Waals surface area contributed by atoms with Gasteiger partial charge in [0, 0.05) is 18.2 Å². The van der Waals surface area contributed by atoms with Gasteiger partial charge in [0.2, 0.25) is 0 Å². The maximum atomic E-state index is 5.77. The van der Waals surface area contributed by atoms with E-state index in [9.17, 15) is 0 Å². The molecule has 3 heteroatoms. The Bertz CT molecular complexity index is 1070. The molecule has 0 aliphatic carbocycles. The third-order valence-electron chi connectivity index (χ3n) is 4.97. The van der Waals surface area contributed by atoms with Gasteiger partial charge < -0.3 is 0 Å². The molecule has 4 aromatic carbocycles. The lowest BCUT2D eigenvalue weighted by Gasteiger charge is -2.37. The van der Waals surface area contributed by atoms with Gasteiger partial charge >= 0.3 is 0 Å². The molecule has 4 rings (SSSR count). The molecule has 0 heterocycles. The standard InChI is InChI=1S/C28H29NP2/c1-28(2,3)29-31(26-20-12-6-13-21-26,27-22-14-7-15-23-27)30(24-16-8-4-9-17-24)25-18-10-5-11-19-25/h4-23H,1-3H3. The van der Waals surface area contributed by atoms with E-state index in [0.29, 0.717) is 0 Å². The van der Waals surface area contributed by atoms with Crippen LogP contribution >= 0.6 is 14.4 Å². The van der Waals surface area contributed by atoms with Gasteiger partial charge in [-0.05, 0) is 31.4 Å². The van der Waals surface area contributed by atoms with Crippen LogP contribution in [0.1, 0.15) is 20.8 Å². The van der Waals surface area contributed by atoms with Gasteiger partial charge in [-0.3, -0.25) is 4.74 Å². The second-order valence-electron chi connectivity index (χ2n) is 8.53. The Morgan fingerprint density at radius 2 is 0.839 bits per heavy atom. The van der Waals surface area contributed by atoms with E-state index in [4.69, 9.17) is 4.74 Å². The summed E-state index contributed by atoms with van der Waals surface area (Å²) >= 11 is 0. The summed E-state index contributed by atoms with van der Waals surface area (Å²) in [4.78, 5) is 0. The van der Waals surface area contributed by atoms with Crippen molar-refractivity contribution in [3.8, 4) is 0 Å². The van der Waals surface area contributed by atoms with Gasteiger partial charge in [0.05, 0.1) is 12.3 Å². The molecule has 4 aromatic rings. The van der Waals surface area contributed by atoms with Crippen LogP contribution < -0.4 is 21.2 Å². The molecule has 156 valence electrons. The second kappa shape index (κ2) is 9.35. The largest absolute Gasteiger partial charge is 0.284 e. The Balaban J connectivity index is 2.18. The van der Waals surface area contributed by atoms with Crippen LogP contribution in [0.4, 0.5) is 0 Å². The van der Waals surface area contributed by atoms with Crippen molar-refractivity contribution < 1.29 is 0 Å². The van der Waals surface area contributed by atoms with E-state index in [1.807, 2.05) is 0 Å². The van der Waals surface area contributed by atoms with Crippen molar-refractivity contribution in [1.29, 1.82) is 0 Å². The Kier molecular flexibility index (Phi) is 6.57. The molecule has 0 N–H and O–H groups in total. The van der Waals surface area contributed by atoms with E-state index in [1.54, 1.807) is 0 Å². The second-order valence-corrected chi connectivity index (χ2v) is 15.6. The minimum absolute atomic E-state index is 0.177. The Morgan fingerprint density at radius 1 is 0.516 bits per heavy atom. The number of nitrogens with zero attached hydrogens (tertiary/aromatic N) is 1. The molecule has 0 aromatic heterocycles. The summed E-state index contributed by atoms with van der Waals surface area (Å²) in [5, 5.41) is 5.43. The van der Waals surface area contributed by atoms with Crippen molar-refractivity contribution in [2.75, 3.05) is 0 Å². The monoisotopic (exact) mass is 441 g/mol. The SMILES string of the molecule is CC(C)(C)N=P(c1ccccc1)(c1ccccc1)P(c1ccccc1)c1ccccc1. The molecule has 0 saturated carbocycles. The third-order valence-corrected chi connectivity index (χ3v) is 14.8. The molecule has 0 amide bonds. The molecular weight excluding hydrogens is 412 g/mol. The number of hydrogen-bond donors (Lipinski definition) is 0. The van der Waals surface area contributed by atoms with Crippen molar-refractivity contribution in [3.63, 3.8) is 0 Å². The van der Waals surface area contributed by atoms with Crippen LogP contribution in [0, 0.1) is 0 Å². The first kappa shape index (κ1) is 21.8. The highest BCUT2D eigenvalue weighted by atomic mass is 32.1. The highest BCUT2D eigenvalue weighted by molar-refractivity contribution is 8.45. The number of rotatable bonds is 5. The molecule has 0 aliphatic rings. The molecule has 0 unspecified atom stereocenters. The average molecular weight is 441 g/mol. The zero-order chi connectivity index (χ0) is 21.7. The normalized spacial score (nSPS) is 12.0. The van der Waals surface area contributed by atoms with Crippen molar-refractivity contribution in [3.05, 3.63) is 121 Å². The summed E-state index contributed by atoms with van der Waals surface area (Å²) in [6.07, 6.45) is 0. The van der Waals surface area contributed by atoms with Gasteiger partial charge in [0.25, 0.3) is 0 Å². The minimum atomic E-state index is -2.19. The highest BCUT2D eigenvalue weighted by Crippen LogP contribution is 2.75. The molecule has 1 nitrogen and oxygen atoms in total. The Morgan fingerprint density at radius 3 is 1.16 bits per heavy atom. The minimum Gasteiger partial charge on any atom is -0.284 e. The first-order chi connectivity index (χ1) is 15.0. The summed E-state index contributed by atoms with van der Waals surface area (Å²) in [6, 6.07) is 44.0. The van der Waals surface area contributed by atoms with Gasteiger partial charge in [-0.1, -0.05) is 121 Å². The molecular formula is C28H29NP2. The highest BCUT2D eigenvalue weighted by Gasteiger charge is 2.37. The van der Waals surface area contributed by atoms with E-state index >= 15 is 0 Å². The summed E-state index contributed by atoms with van der Waals surface area (Å²) in [7, 11) is -0.771. The summed E-state index contributed by atoms with van der Waals surface area (Å²) in [6.45, 7) is 4.51. The van der Waals surface area contributed by atoms with Gasteiger partial charge in [0.15, 0.2) is 0 Å². The van der Waals surface area contributed by atoms with Crippen LogP contribution in [0.25, 0.3) is 0 Å². The zero-order valence-corrected chi connectivity index (χ0v) is 20.2. The predicted octanol–water partition coefficient (Wildman–Crippen LogP) is 6.69. The Hall–Kier alpha value is -2.46. The van der Waals surface area contributed by atoms with Gasteiger partial charge in [0.1, 0.15) is 0 Å². The van der Waals surface area contributed by atoms with Crippen molar-refractivity contribution >= 4 is 35.6 Å². The van der Waals surface area contributed by atoms with Crippen molar-refractivity contribution in [1.82, 2.24) is 0 Å². The predicted molar refractivity (Wildman–Crippen MR) is 140 cm³/mol. The fourth-order valence-corrected chi connectivity index (χ4v) is 14.9. The van der Waals surface area contributed by atoms with Crippen molar-refractivity contribution in [2.45, 2.75) is 26.3 Å². The third kappa shape index (κ3) is 4.74. The molecule has 0 saturated heterocycles. The van der Waals surface area contributed by atoms with E-state index in [2.05, 4.69) is 142 Å². The zero-order valence-electron chi connectivity index (χ0n) is 18.4. The summed E-state index contributed by atoms with van der Waals surface area (Å²) < 4.78 is 5.77. The fraction of sp³-hybridized carbons (Fsp3) is 0.143. The van der Waals surface area contributed by atoms with E-state index in [-0.39, 0.29) is 5.54 Å². The van der Waals surface area contributed by atoms with Gasteiger partial charge in [-0.15, -0.1) is 0 Å². The Labute approximate surface area is 187 Å². The maximum Gasteiger partial charge on any atom is 0.0572 e. The quantitative estimate of drug-likeness (QED) is 0.306. The smallest absolute Gasteiger partial charge is 0.0572 e. The topological polar surface area (TPSA) is 12.4 Å². The van der Waals surface area contributed by atoms with Crippen molar-refractivity contribution in [2.24, 2.45) is 4.74 Å². The average Bonchev–Trinajstić information content (AvgIpc) is 2.80. The van der Waals surface area contributed by atoms with E-state index in [1.165, 1.54) is 21.2 Å². The van der Waals surface area contributed by atoms with Crippen LogP contribution in [-0.4, -0.2) is 5.54 Å². The molecule has 0 bridgehead atoms. The van der Waals surface area contributed by atoms with E-state index in [0.717, 1.165) is 0 Å². The van der Waals surface area contributed by atoms with Crippen LogP contribution in [0.5, 0.6) is 0 Å². The van der Waals surface area contributed by atoms with Crippen LogP contribution in [0.3, 0.4) is 0 Å². The first-order valence-corrected chi connectivity index (χ1v) is 14.4.